The zero-order chi connectivity index (χ0) is 23.4. The molecule has 3 heterocycles. The third-order valence-corrected chi connectivity index (χ3v) is 6.36. The molecule has 170 valence electrons. The molecule has 6 rings (SSSR count). The summed E-state index contributed by atoms with van der Waals surface area (Å²) < 4.78 is 17.9. The summed E-state index contributed by atoms with van der Waals surface area (Å²) in [5.41, 5.74) is 3.25. The number of ketones is 1. The summed E-state index contributed by atoms with van der Waals surface area (Å²) in [6.45, 7) is 0. The maximum Gasteiger partial charge on any atom is 0.325 e. The molecule has 1 unspecified atom stereocenters. The molecule has 1 aliphatic rings. The molecule has 0 radical (unpaired) electrons. The molecule has 0 bridgehead atoms. The predicted octanol–water partition coefficient (Wildman–Crippen LogP) is 3.78. The van der Waals surface area contributed by atoms with E-state index in [1.54, 1.807) is 26.4 Å². The first kappa shape index (κ1) is 20.2. The quantitative estimate of drug-likeness (QED) is 0.438. The van der Waals surface area contributed by atoms with Crippen LogP contribution in [0.3, 0.4) is 0 Å². The molecule has 3 aromatic heterocycles. The highest BCUT2D eigenvalue weighted by molar-refractivity contribution is 6.02. The largest absolute Gasteiger partial charge is 0.497 e. The number of methoxy groups -OCH3 is 2. The average molecular weight is 456 g/mol. The zero-order valence-electron chi connectivity index (χ0n) is 18.5. The van der Waals surface area contributed by atoms with E-state index in [4.69, 9.17) is 13.9 Å². The van der Waals surface area contributed by atoms with Crippen molar-refractivity contribution in [1.29, 1.82) is 0 Å². The molecule has 1 aliphatic carbocycles. The Morgan fingerprint density at radius 2 is 1.94 bits per heavy atom. The number of benzene rings is 2. The molecule has 0 aliphatic heterocycles. The number of oxazole rings is 1. The summed E-state index contributed by atoms with van der Waals surface area (Å²) in [7, 11) is 3.18. The van der Waals surface area contributed by atoms with Crippen LogP contribution in [0.1, 0.15) is 33.8 Å². The number of rotatable bonds is 4. The van der Waals surface area contributed by atoms with Crippen LogP contribution >= 0.6 is 0 Å². The SMILES string of the molecule is COc1ccc(C2CC(=O)c3cnc4[nH]n(-c5nc6ccccc6o5)c(=O)c4c3C2)c(OC)c1. The van der Waals surface area contributed by atoms with Gasteiger partial charge in [0.05, 0.1) is 19.6 Å². The van der Waals surface area contributed by atoms with Crippen LogP contribution in [-0.4, -0.2) is 39.8 Å². The van der Waals surface area contributed by atoms with Gasteiger partial charge in [0.1, 0.15) is 17.0 Å². The molecular formula is C25H20N4O5. The average Bonchev–Trinajstić information content (AvgIpc) is 3.44. The first-order chi connectivity index (χ1) is 16.6. The molecule has 1 atom stereocenters. The molecule has 2 aromatic carbocycles. The smallest absolute Gasteiger partial charge is 0.325 e. The Labute approximate surface area is 192 Å². The number of aromatic amines is 1. The van der Waals surface area contributed by atoms with Gasteiger partial charge in [-0.25, -0.2) is 4.98 Å². The van der Waals surface area contributed by atoms with E-state index in [1.165, 1.54) is 10.9 Å². The summed E-state index contributed by atoms with van der Waals surface area (Å²) in [5.74, 6) is 1.09. The normalized spacial score (nSPS) is 15.6. The number of carbonyl (C=O) groups excluding carboxylic acids is 1. The fourth-order valence-corrected chi connectivity index (χ4v) is 4.70. The molecule has 0 fully saturated rings. The number of Topliss-reactive ketones (excluding diaryl/α,β-unsaturated/α-hetero) is 1. The summed E-state index contributed by atoms with van der Waals surface area (Å²) in [4.78, 5) is 35.3. The van der Waals surface area contributed by atoms with Crippen LogP contribution < -0.4 is 15.0 Å². The number of nitrogens with zero attached hydrogens (tertiary/aromatic N) is 3. The summed E-state index contributed by atoms with van der Waals surface area (Å²) in [6.07, 6.45) is 2.32. The van der Waals surface area contributed by atoms with Gasteiger partial charge in [-0.3, -0.25) is 14.7 Å². The number of H-pyrrole nitrogens is 1. The zero-order valence-corrected chi connectivity index (χ0v) is 18.5. The van der Waals surface area contributed by atoms with Gasteiger partial charge in [0.2, 0.25) is 0 Å². The predicted molar refractivity (Wildman–Crippen MR) is 124 cm³/mol. The van der Waals surface area contributed by atoms with E-state index < -0.39 is 0 Å². The second-order valence-electron chi connectivity index (χ2n) is 8.23. The van der Waals surface area contributed by atoms with Crippen LogP contribution in [0.15, 0.2) is 57.9 Å². The molecule has 9 nitrogen and oxygen atoms in total. The highest BCUT2D eigenvalue weighted by Crippen LogP contribution is 2.39. The van der Waals surface area contributed by atoms with Crippen molar-refractivity contribution in [2.24, 2.45) is 0 Å². The summed E-state index contributed by atoms with van der Waals surface area (Å²) in [5, 5.41) is 3.35. The number of hydrogen-bond donors (Lipinski definition) is 1. The second kappa shape index (κ2) is 7.58. The summed E-state index contributed by atoms with van der Waals surface area (Å²) in [6, 6.07) is 12.9. The van der Waals surface area contributed by atoms with Crippen molar-refractivity contribution in [3.63, 3.8) is 0 Å². The molecule has 0 spiro atoms. The number of nitrogens with one attached hydrogen (secondary N) is 1. The number of para-hydroxylation sites is 2. The third kappa shape index (κ3) is 3.01. The molecule has 9 heteroatoms. The topological polar surface area (TPSA) is 112 Å². The highest BCUT2D eigenvalue weighted by atomic mass is 16.5. The van der Waals surface area contributed by atoms with Crippen LogP contribution in [0, 0.1) is 0 Å². The van der Waals surface area contributed by atoms with Crippen molar-refractivity contribution in [2.45, 2.75) is 18.8 Å². The van der Waals surface area contributed by atoms with E-state index in [1.807, 2.05) is 30.3 Å². The summed E-state index contributed by atoms with van der Waals surface area (Å²) >= 11 is 0. The Hall–Kier alpha value is -4.40. The standard InChI is InChI=1S/C25H20N4O5/c1-32-14-7-8-15(21(11-14)33-2)13-9-16-17(19(30)10-13)12-26-23-22(16)24(31)29(28-23)25-27-18-5-3-4-6-20(18)34-25/h3-8,11-13H,9-10H2,1-2H3,(H,26,28). The second-order valence-corrected chi connectivity index (χ2v) is 8.23. The van der Waals surface area contributed by atoms with Gasteiger partial charge in [0, 0.05) is 24.2 Å². The lowest BCUT2D eigenvalue weighted by Crippen LogP contribution is -2.22. The maximum absolute atomic E-state index is 13.5. The van der Waals surface area contributed by atoms with Crippen LogP contribution in [0.2, 0.25) is 0 Å². The van der Waals surface area contributed by atoms with Crippen molar-refractivity contribution in [3.05, 3.63) is 75.7 Å². The van der Waals surface area contributed by atoms with Crippen LogP contribution in [0.4, 0.5) is 0 Å². The van der Waals surface area contributed by atoms with E-state index in [2.05, 4.69) is 15.1 Å². The van der Waals surface area contributed by atoms with Crippen LogP contribution in [0.25, 0.3) is 28.1 Å². The Kier molecular flexibility index (Phi) is 4.51. The van der Waals surface area contributed by atoms with E-state index in [0.717, 1.165) is 5.56 Å². The van der Waals surface area contributed by atoms with Gasteiger partial charge < -0.3 is 13.9 Å². The minimum atomic E-state index is -0.360. The molecule has 0 amide bonds. The Morgan fingerprint density at radius 1 is 1.09 bits per heavy atom. The van der Waals surface area contributed by atoms with Crippen molar-refractivity contribution >= 4 is 27.9 Å². The van der Waals surface area contributed by atoms with Gasteiger partial charge in [-0.05, 0) is 41.7 Å². The van der Waals surface area contributed by atoms with Gasteiger partial charge in [-0.1, -0.05) is 18.2 Å². The fraction of sp³-hybridized carbons (Fsp3) is 0.200. The fourth-order valence-electron chi connectivity index (χ4n) is 4.70. The minimum absolute atomic E-state index is 0.0625. The molecule has 1 N–H and O–H groups in total. The third-order valence-electron chi connectivity index (χ3n) is 6.36. The minimum Gasteiger partial charge on any atom is -0.497 e. The maximum atomic E-state index is 13.5. The lowest BCUT2D eigenvalue weighted by atomic mass is 9.79. The molecule has 0 saturated carbocycles. The van der Waals surface area contributed by atoms with Gasteiger partial charge in [-0.2, -0.15) is 9.67 Å². The monoisotopic (exact) mass is 456 g/mol. The number of aromatic nitrogens is 4. The van der Waals surface area contributed by atoms with Crippen molar-refractivity contribution in [1.82, 2.24) is 19.7 Å². The van der Waals surface area contributed by atoms with Crippen molar-refractivity contribution in [3.8, 4) is 17.5 Å². The van der Waals surface area contributed by atoms with Gasteiger partial charge >= 0.3 is 6.01 Å². The Bertz CT molecular complexity index is 1610. The molecular weight excluding hydrogens is 436 g/mol. The Morgan fingerprint density at radius 3 is 2.74 bits per heavy atom. The lowest BCUT2D eigenvalue weighted by Gasteiger charge is -2.25. The van der Waals surface area contributed by atoms with Crippen LogP contribution in [0.5, 0.6) is 11.5 Å². The molecule has 0 saturated heterocycles. The number of fused-ring (bicyclic) bond motifs is 4. The number of carbonyl (C=O) groups is 1. The number of ether oxygens (including phenoxy) is 2. The van der Waals surface area contributed by atoms with Gasteiger partial charge in [-0.15, -0.1) is 0 Å². The Balaban J connectivity index is 1.49. The van der Waals surface area contributed by atoms with Crippen molar-refractivity contribution in [2.75, 3.05) is 14.2 Å². The van der Waals surface area contributed by atoms with Gasteiger partial charge in [0.25, 0.3) is 5.56 Å². The van der Waals surface area contributed by atoms with E-state index in [9.17, 15) is 9.59 Å². The van der Waals surface area contributed by atoms with Crippen LogP contribution in [-0.2, 0) is 6.42 Å². The van der Waals surface area contributed by atoms with Gasteiger partial charge in [0.15, 0.2) is 17.0 Å². The molecule has 5 aromatic rings. The van der Waals surface area contributed by atoms with Crippen molar-refractivity contribution < 1.29 is 18.7 Å². The van der Waals surface area contributed by atoms with E-state index >= 15 is 0 Å². The first-order valence-electron chi connectivity index (χ1n) is 10.8. The lowest BCUT2D eigenvalue weighted by molar-refractivity contribution is 0.0964. The molecule has 34 heavy (non-hydrogen) atoms. The van der Waals surface area contributed by atoms with E-state index in [-0.39, 0.29) is 23.3 Å². The highest BCUT2D eigenvalue weighted by Gasteiger charge is 2.32. The number of pyridine rings is 1. The van der Waals surface area contributed by atoms with E-state index in [0.29, 0.717) is 57.6 Å². The first-order valence-corrected chi connectivity index (χ1v) is 10.8. The number of hydrogen-bond acceptors (Lipinski definition) is 7.